The molecule has 10 heteroatoms. The molecule has 1 aliphatic heterocycles. The molecule has 30 heavy (non-hydrogen) atoms. The number of ether oxygens (including phenoxy) is 2. The van der Waals surface area contributed by atoms with Crippen molar-refractivity contribution < 1.29 is 27.5 Å². The van der Waals surface area contributed by atoms with Crippen LogP contribution < -0.4 is 24.8 Å². The molecule has 1 aliphatic rings. The van der Waals surface area contributed by atoms with Crippen LogP contribution in [0, 0.1) is 12.3 Å². The van der Waals surface area contributed by atoms with Gasteiger partial charge in [0.25, 0.3) is 0 Å². The molecule has 0 fully saturated rings. The molecule has 0 saturated heterocycles. The number of unbranched alkanes of at least 4 members (excludes halogenated alkanes) is 2. The monoisotopic (exact) mass is 437 g/mol. The standard InChI is InChI=1S/C20H27N3O6S/c1-2-10-21-20(25)9-12-22-19(24)6-4-3-5-11-23-30(26,27)16-7-8-17-18(15-16)29-14-13-28-17/h1,7-8,15,23H,3-6,9-14H2,(H,21,25)(H,22,24). The molecule has 2 amide bonds. The number of carbonyl (C=O) groups is 2. The van der Waals surface area contributed by atoms with Crippen molar-refractivity contribution in [1.82, 2.24) is 15.4 Å². The van der Waals surface area contributed by atoms with Crippen molar-refractivity contribution in [2.75, 3.05) is 32.8 Å². The summed E-state index contributed by atoms with van der Waals surface area (Å²) in [7, 11) is -3.64. The van der Waals surface area contributed by atoms with Gasteiger partial charge in [0.15, 0.2) is 11.5 Å². The highest BCUT2D eigenvalue weighted by Gasteiger charge is 2.18. The van der Waals surface area contributed by atoms with E-state index in [1.807, 2.05) is 0 Å². The van der Waals surface area contributed by atoms with Crippen LogP contribution in [-0.2, 0) is 19.6 Å². The van der Waals surface area contributed by atoms with Gasteiger partial charge in [-0.15, -0.1) is 6.42 Å². The number of benzene rings is 1. The number of nitrogens with one attached hydrogen (secondary N) is 3. The third kappa shape index (κ3) is 7.93. The van der Waals surface area contributed by atoms with E-state index in [2.05, 4.69) is 21.3 Å². The van der Waals surface area contributed by atoms with E-state index in [4.69, 9.17) is 15.9 Å². The minimum Gasteiger partial charge on any atom is -0.486 e. The maximum atomic E-state index is 12.4. The number of terminal acetylenes is 1. The van der Waals surface area contributed by atoms with Gasteiger partial charge >= 0.3 is 0 Å². The Hall–Kier alpha value is -2.77. The molecule has 3 N–H and O–H groups in total. The topological polar surface area (TPSA) is 123 Å². The lowest BCUT2D eigenvalue weighted by molar-refractivity contribution is -0.122. The van der Waals surface area contributed by atoms with Crippen LogP contribution in [0.15, 0.2) is 23.1 Å². The summed E-state index contributed by atoms with van der Waals surface area (Å²) in [6.45, 7) is 1.52. The summed E-state index contributed by atoms with van der Waals surface area (Å²) < 4.78 is 38.1. The Labute approximate surface area is 176 Å². The minimum atomic E-state index is -3.64. The van der Waals surface area contributed by atoms with Gasteiger partial charge in [0.05, 0.1) is 11.4 Å². The van der Waals surface area contributed by atoms with Crippen molar-refractivity contribution in [1.29, 1.82) is 0 Å². The van der Waals surface area contributed by atoms with Crippen molar-refractivity contribution in [3.8, 4) is 23.8 Å². The first kappa shape index (κ1) is 23.5. The minimum absolute atomic E-state index is 0.123. The molecule has 0 aromatic heterocycles. The number of carbonyl (C=O) groups excluding carboxylic acids is 2. The van der Waals surface area contributed by atoms with Crippen LogP contribution in [0.2, 0.25) is 0 Å². The van der Waals surface area contributed by atoms with Gasteiger partial charge in [0.2, 0.25) is 21.8 Å². The van der Waals surface area contributed by atoms with Crippen molar-refractivity contribution in [3.63, 3.8) is 0 Å². The van der Waals surface area contributed by atoms with Crippen LogP contribution in [-0.4, -0.2) is 53.1 Å². The van der Waals surface area contributed by atoms with E-state index in [1.54, 1.807) is 6.07 Å². The Morgan fingerprint density at radius 2 is 1.70 bits per heavy atom. The van der Waals surface area contributed by atoms with Gasteiger partial charge < -0.3 is 20.1 Å². The SMILES string of the molecule is C#CCNC(=O)CCNC(=O)CCCCCNS(=O)(=O)c1ccc2c(c1)OCCO2. The van der Waals surface area contributed by atoms with Gasteiger partial charge in [-0.25, -0.2) is 13.1 Å². The summed E-state index contributed by atoms with van der Waals surface area (Å²) in [5.74, 6) is 2.90. The maximum absolute atomic E-state index is 12.4. The van der Waals surface area contributed by atoms with E-state index in [9.17, 15) is 18.0 Å². The molecule has 0 atom stereocenters. The number of amides is 2. The van der Waals surface area contributed by atoms with Gasteiger partial charge in [-0.1, -0.05) is 12.3 Å². The number of sulfonamides is 1. The van der Waals surface area contributed by atoms with Crippen LogP contribution in [0.3, 0.4) is 0 Å². The van der Waals surface area contributed by atoms with Crippen molar-refractivity contribution in [2.24, 2.45) is 0 Å². The molecule has 1 aromatic carbocycles. The Morgan fingerprint density at radius 3 is 2.47 bits per heavy atom. The lowest BCUT2D eigenvalue weighted by Crippen LogP contribution is -2.30. The Morgan fingerprint density at radius 1 is 0.967 bits per heavy atom. The number of hydrogen-bond acceptors (Lipinski definition) is 6. The number of fused-ring (bicyclic) bond motifs is 1. The fourth-order valence-corrected chi connectivity index (χ4v) is 3.80. The van der Waals surface area contributed by atoms with Crippen molar-refractivity contribution in [3.05, 3.63) is 18.2 Å². The molecule has 0 unspecified atom stereocenters. The molecular weight excluding hydrogens is 410 g/mol. The molecule has 1 heterocycles. The lowest BCUT2D eigenvalue weighted by atomic mass is 10.2. The second-order valence-electron chi connectivity index (χ2n) is 6.59. The molecule has 0 radical (unpaired) electrons. The van der Waals surface area contributed by atoms with Gasteiger partial charge in [0.1, 0.15) is 13.2 Å². The summed E-state index contributed by atoms with van der Waals surface area (Å²) in [5.41, 5.74) is 0. The zero-order valence-corrected chi connectivity index (χ0v) is 17.6. The molecule has 0 saturated carbocycles. The molecule has 0 aliphatic carbocycles. The molecule has 164 valence electrons. The molecule has 2 rings (SSSR count). The van der Waals surface area contributed by atoms with E-state index in [0.717, 1.165) is 0 Å². The number of rotatable bonds is 12. The van der Waals surface area contributed by atoms with Crippen LogP contribution in [0.4, 0.5) is 0 Å². The van der Waals surface area contributed by atoms with E-state index < -0.39 is 10.0 Å². The van der Waals surface area contributed by atoms with E-state index in [-0.39, 0.29) is 42.8 Å². The second kappa shape index (κ2) is 12.0. The largest absolute Gasteiger partial charge is 0.486 e. The second-order valence-corrected chi connectivity index (χ2v) is 8.36. The van der Waals surface area contributed by atoms with Gasteiger partial charge in [-0.05, 0) is 25.0 Å². The van der Waals surface area contributed by atoms with Crippen molar-refractivity contribution >= 4 is 21.8 Å². The predicted octanol–water partition coefficient (Wildman–Crippen LogP) is 0.552. The summed E-state index contributed by atoms with van der Waals surface area (Å²) in [6.07, 6.45) is 7.46. The van der Waals surface area contributed by atoms with Crippen LogP contribution >= 0.6 is 0 Å². The van der Waals surface area contributed by atoms with Gasteiger partial charge in [-0.3, -0.25) is 9.59 Å². The van der Waals surface area contributed by atoms with E-state index in [0.29, 0.717) is 50.4 Å². The zero-order chi connectivity index (χ0) is 21.8. The summed E-state index contributed by atoms with van der Waals surface area (Å²) in [6, 6.07) is 4.52. The average Bonchev–Trinajstić information content (AvgIpc) is 2.74. The zero-order valence-electron chi connectivity index (χ0n) is 16.7. The predicted molar refractivity (Wildman–Crippen MR) is 111 cm³/mol. The Balaban J connectivity index is 1.59. The van der Waals surface area contributed by atoms with E-state index >= 15 is 0 Å². The van der Waals surface area contributed by atoms with Gasteiger partial charge in [0, 0.05) is 32.0 Å². The highest BCUT2D eigenvalue weighted by atomic mass is 32.2. The lowest BCUT2D eigenvalue weighted by Gasteiger charge is -2.18. The number of hydrogen-bond donors (Lipinski definition) is 3. The first-order valence-corrected chi connectivity index (χ1v) is 11.3. The quantitative estimate of drug-likeness (QED) is 0.324. The molecule has 0 spiro atoms. The van der Waals surface area contributed by atoms with Crippen LogP contribution in [0.25, 0.3) is 0 Å². The highest BCUT2D eigenvalue weighted by molar-refractivity contribution is 7.89. The van der Waals surface area contributed by atoms with E-state index in [1.165, 1.54) is 12.1 Å². The summed E-state index contributed by atoms with van der Waals surface area (Å²) >= 11 is 0. The maximum Gasteiger partial charge on any atom is 0.240 e. The van der Waals surface area contributed by atoms with Crippen LogP contribution in [0.1, 0.15) is 32.1 Å². The molecule has 1 aromatic rings. The van der Waals surface area contributed by atoms with Crippen LogP contribution in [0.5, 0.6) is 11.5 Å². The first-order valence-electron chi connectivity index (χ1n) is 9.78. The summed E-state index contributed by atoms with van der Waals surface area (Å²) in [5, 5.41) is 5.18. The smallest absolute Gasteiger partial charge is 0.240 e. The molecule has 0 bridgehead atoms. The third-order valence-corrected chi connectivity index (χ3v) is 5.72. The Kier molecular flexibility index (Phi) is 9.44. The molecule has 9 nitrogen and oxygen atoms in total. The Bertz CT molecular complexity index is 879. The first-order chi connectivity index (χ1) is 14.4. The van der Waals surface area contributed by atoms with Gasteiger partial charge in [-0.2, -0.15) is 0 Å². The van der Waals surface area contributed by atoms with Crippen molar-refractivity contribution in [2.45, 2.75) is 37.0 Å². The highest BCUT2D eigenvalue weighted by Crippen LogP contribution is 2.32. The third-order valence-electron chi connectivity index (χ3n) is 4.26. The normalized spacial score (nSPS) is 12.6. The summed E-state index contributed by atoms with van der Waals surface area (Å²) in [4.78, 5) is 23.2. The fraction of sp³-hybridized carbons (Fsp3) is 0.500. The fourth-order valence-electron chi connectivity index (χ4n) is 2.71. The average molecular weight is 438 g/mol. The molecular formula is C20H27N3O6S.